The normalized spacial score (nSPS) is 41.2. The zero-order valence-electron chi connectivity index (χ0n) is 8.64. The van der Waals surface area contributed by atoms with Crippen LogP contribution in [0.5, 0.6) is 0 Å². The molecule has 1 aliphatic carbocycles. The fraction of sp³-hybridized carbons (Fsp3) is 1.00. The number of rotatable bonds is 1. The van der Waals surface area contributed by atoms with Gasteiger partial charge in [0.2, 0.25) is 0 Å². The Labute approximate surface area is 76.1 Å². The van der Waals surface area contributed by atoms with Crippen molar-refractivity contribution in [3.05, 3.63) is 0 Å². The maximum atomic E-state index is 2.73. The second kappa shape index (κ2) is 2.73. The summed E-state index contributed by atoms with van der Waals surface area (Å²) in [6.07, 6.45) is 5.76. The Hall–Kier alpha value is -0.0400. The predicted molar refractivity (Wildman–Crippen MR) is 52.2 cm³/mol. The maximum Gasteiger partial charge on any atom is 0.0168 e. The first kappa shape index (κ1) is 8.55. The molecule has 2 atom stereocenters. The van der Waals surface area contributed by atoms with Crippen LogP contribution in [0.25, 0.3) is 0 Å². The van der Waals surface area contributed by atoms with E-state index in [0.29, 0.717) is 5.54 Å². The van der Waals surface area contributed by atoms with Crippen molar-refractivity contribution in [1.82, 2.24) is 4.90 Å². The van der Waals surface area contributed by atoms with E-state index in [4.69, 9.17) is 0 Å². The summed E-state index contributed by atoms with van der Waals surface area (Å²) in [6.45, 7) is 8.55. The van der Waals surface area contributed by atoms with Crippen molar-refractivity contribution in [3.8, 4) is 0 Å². The van der Waals surface area contributed by atoms with Crippen LogP contribution in [0.15, 0.2) is 0 Å². The van der Waals surface area contributed by atoms with E-state index < -0.39 is 0 Å². The average molecular weight is 167 g/mol. The molecule has 2 rings (SSSR count). The molecule has 1 aliphatic heterocycles. The molecule has 70 valence electrons. The highest BCUT2D eigenvalue weighted by Crippen LogP contribution is 2.39. The summed E-state index contributed by atoms with van der Waals surface area (Å²) in [7, 11) is 0. The molecule has 2 fully saturated rings. The first-order chi connectivity index (χ1) is 5.61. The third-order valence-electron chi connectivity index (χ3n) is 3.96. The molecule has 0 N–H and O–H groups in total. The van der Waals surface area contributed by atoms with E-state index in [1.807, 2.05) is 0 Å². The predicted octanol–water partition coefficient (Wildman–Crippen LogP) is 2.66. The summed E-state index contributed by atoms with van der Waals surface area (Å²) in [5, 5.41) is 0. The SMILES string of the molecule is CC1CCCC1N1CCC1(C)C. The highest BCUT2D eigenvalue weighted by Gasteiger charge is 2.43. The molecular weight excluding hydrogens is 146 g/mol. The summed E-state index contributed by atoms with van der Waals surface area (Å²) in [6, 6.07) is 0.911. The fourth-order valence-electron chi connectivity index (χ4n) is 2.89. The molecule has 12 heavy (non-hydrogen) atoms. The van der Waals surface area contributed by atoms with Crippen LogP contribution in [0.1, 0.15) is 46.5 Å². The minimum absolute atomic E-state index is 0.517. The van der Waals surface area contributed by atoms with Crippen molar-refractivity contribution in [3.63, 3.8) is 0 Å². The summed E-state index contributed by atoms with van der Waals surface area (Å²) in [4.78, 5) is 2.73. The van der Waals surface area contributed by atoms with Crippen molar-refractivity contribution in [2.45, 2.75) is 58.0 Å². The molecule has 1 saturated heterocycles. The summed E-state index contributed by atoms with van der Waals surface area (Å²) < 4.78 is 0. The number of hydrogen-bond acceptors (Lipinski definition) is 1. The molecule has 1 heteroatoms. The Morgan fingerprint density at radius 1 is 1.25 bits per heavy atom. The van der Waals surface area contributed by atoms with Crippen LogP contribution in [-0.2, 0) is 0 Å². The molecule has 2 unspecified atom stereocenters. The molecule has 1 saturated carbocycles. The third-order valence-corrected chi connectivity index (χ3v) is 3.96. The second-order valence-electron chi connectivity index (χ2n) is 5.23. The second-order valence-corrected chi connectivity index (χ2v) is 5.23. The van der Waals surface area contributed by atoms with Gasteiger partial charge >= 0.3 is 0 Å². The summed E-state index contributed by atoms with van der Waals surface area (Å²) in [5.74, 6) is 0.949. The van der Waals surface area contributed by atoms with E-state index in [2.05, 4.69) is 25.7 Å². The Morgan fingerprint density at radius 2 is 2.00 bits per heavy atom. The van der Waals surface area contributed by atoms with Gasteiger partial charge in [-0.1, -0.05) is 13.3 Å². The Morgan fingerprint density at radius 3 is 2.33 bits per heavy atom. The van der Waals surface area contributed by atoms with E-state index in [1.54, 1.807) is 0 Å². The zero-order chi connectivity index (χ0) is 8.77. The lowest BCUT2D eigenvalue weighted by Crippen LogP contribution is -2.60. The van der Waals surface area contributed by atoms with Gasteiger partial charge in [0.25, 0.3) is 0 Å². The molecule has 2 aliphatic rings. The minimum atomic E-state index is 0.517. The van der Waals surface area contributed by atoms with Gasteiger partial charge in [0.1, 0.15) is 0 Å². The molecule has 0 spiro atoms. The van der Waals surface area contributed by atoms with Gasteiger partial charge in [-0.25, -0.2) is 0 Å². The smallest absolute Gasteiger partial charge is 0.0168 e. The highest BCUT2D eigenvalue weighted by atomic mass is 15.3. The van der Waals surface area contributed by atoms with Gasteiger partial charge in [-0.15, -0.1) is 0 Å². The third kappa shape index (κ3) is 1.19. The van der Waals surface area contributed by atoms with Crippen molar-refractivity contribution in [1.29, 1.82) is 0 Å². The van der Waals surface area contributed by atoms with Crippen LogP contribution >= 0.6 is 0 Å². The minimum Gasteiger partial charge on any atom is -0.295 e. The van der Waals surface area contributed by atoms with Crippen LogP contribution in [0.4, 0.5) is 0 Å². The Bertz CT molecular complexity index is 174. The number of nitrogens with zero attached hydrogens (tertiary/aromatic N) is 1. The van der Waals surface area contributed by atoms with Crippen LogP contribution in [0.2, 0.25) is 0 Å². The van der Waals surface area contributed by atoms with Crippen LogP contribution in [0, 0.1) is 5.92 Å². The molecule has 0 amide bonds. The maximum absolute atomic E-state index is 2.73. The van der Waals surface area contributed by atoms with Crippen LogP contribution < -0.4 is 0 Å². The van der Waals surface area contributed by atoms with E-state index in [9.17, 15) is 0 Å². The molecule has 0 aromatic carbocycles. The van der Waals surface area contributed by atoms with E-state index >= 15 is 0 Å². The standard InChI is InChI=1S/C11H21N/c1-9-5-4-6-10(9)12-8-7-11(12,2)3/h9-10H,4-8H2,1-3H3. The van der Waals surface area contributed by atoms with Gasteiger partial charge in [-0.2, -0.15) is 0 Å². The van der Waals surface area contributed by atoms with Crippen LogP contribution in [-0.4, -0.2) is 23.0 Å². The average Bonchev–Trinajstić information content (AvgIpc) is 2.35. The van der Waals surface area contributed by atoms with Crippen molar-refractivity contribution in [2.24, 2.45) is 5.92 Å². The van der Waals surface area contributed by atoms with Gasteiger partial charge in [-0.3, -0.25) is 4.90 Å². The van der Waals surface area contributed by atoms with Crippen molar-refractivity contribution in [2.75, 3.05) is 6.54 Å². The quantitative estimate of drug-likeness (QED) is 0.580. The van der Waals surface area contributed by atoms with Gasteiger partial charge in [0.05, 0.1) is 0 Å². The number of hydrogen-bond donors (Lipinski definition) is 0. The molecular formula is C11H21N. The molecule has 0 aromatic rings. The summed E-state index contributed by atoms with van der Waals surface area (Å²) in [5.41, 5.74) is 0.517. The first-order valence-corrected chi connectivity index (χ1v) is 5.38. The lowest BCUT2D eigenvalue weighted by Gasteiger charge is -2.53. The van der Waals surface area contributed by atoms with Crippen molar-refractivity contribution >= 4 is 0 Å². The highest BCUT2D eigenvalue weighted by molar-refractivity contribution is 4.98. The van der Waals surface area contributed by atoms with E-state index in [1.165, 1.54) is 32.2 Å². The fourth-order valence-corrected chi connectivity index (χ4v) is 2.89. The largest absolute Gasteiger partial charge is 0.295 e. The number of likely N-dealkylation sites (tertiary alicyclic amines) is 1. The first-order valence-electron chi connectivity index (χ1n) is 5.38. The summed E-state index contributed by atoms with van der Waals surface area (Å²) >= 11 is 0. The van der Waals surface area contributed by atoms with Gasteiger partial charge in [-0.05, 0) is 39.0 Å². The van der Waals surface area contributed by atoms with E-state index in [0.717, 1.165) is 12.0 Å². The Balaban J connectivity index is 2.00. The molecule has 1 nitrogen and oxygen atoms in total. The van der Waals surface area contributed by atoms with Gasteiger partial charge in [0.15, 0.2) is 0 Å². The monoisotopic (exact) mass is 167 g/mol. The lowest BCUT2D eigenvalue weighted by atomic mass is 9.85. The van der Waals surface area contributed by atoms with Gasteiger partial charge < -0.3 is 0 Å². The van der Waals surface area contributed by atoms with E-state index in [-0.39, 0.29) is 0 Å². The lowest BCUT2D eigenvalue weighted by molar-refractivity contribution is -0.0350. The topological polar surface area (TPSA) is 3.24 Å². The van der Waals surface area contributed by atoms with Crippen LogP contribution in [0.3, 0.4) is 0 Å². The zero-order valence-corrected chi connectivity index (χ0v) is 8.64. The van der Waals surface area contributed by atoms with Crippen molar-refractivity contribution < 1.29 is 0 Å². The molecule has 0 aromatic heterocycles. The van der Waals surface area contributed by atoms with Gasteiger partial charge in [0, 0.05) is 18.1 Å². The Kier molecular flexibility index (Phi) is 1.95. The molecule has 1 heterocycles. The molecule has 0 bridgehead atoms. The molecule has 0 radical (unpaired) electrons.